The van der Waals surface area contributed by atoms with Crippen LogP contribution < -0.4 is 15.0 Å². The molecule has 1 fully saturated rings. The van der Waals surface area contributed by atoms with Crippen molar-refractivity contribution >= 4 is 46.1 Å². The Labute approximate surface area is 195 Å². The van der Waals surface area contributed by atoms with Crippen molar-refractivity contribution in [2.24, 2.45) is 0 Å². The molecule has 0 aliphatic carbocycles. The lowest BCUT2D eigenvalue weighted by atomic mass is 10.1. The number of nitrogens with zero attached hydrogens (tertiary/aromatic N) is 1. The monoisotopic (exact) mass is 454 g/mol. The first-order valence-corrected chi connectivity index (χ1v) is 10.8. The van der Waals surface area contributed by atoms with Gasteiger partial charge in [0.25, 0.3) is 5.91 Å². The number of halogens is 1. The number of carbonyl (C=O) groups is 2. The lowest BCUT2D eigenvalue weighted by Gasteiger charge is -2.12. The first kappa shape index (κ1) is 20.8. The Balaban J connectivity index is 1.37. The molecule has 6 heteroatoms. The van der Waals surface area contributed by atoms with Crippen molar-refractivity contribution in [3.8, 4) is 5.75 Å². The molecule has 1 aliphatic heterocycles. The molecular weight excluding hydrogens is 436 g/mol. The topological polar surface area (TPSA) is 58.6 Å². The van der Waals surface area contributed by atoms with E-state index >= 15 is 0 Å². The lowest BCUT2D eigenvalue weighted by Crippen LogP contribution is -2.30. The molecule has 4 aromatic carbocycles. The number of hydrogen-bond donors (Lipinski definition) is 1. The smallest absolute Gasteiger partial charge is 0.333 e. The molecule has 0 bridgehead atoms. The maximum absolute atomic E-state index is 12.9. The molecule has 1 saturated heterocycles. The zero-order valence-electron chi connectivity index (χ0n) is 17.5. The van der Waals surface area contributed by atoms with Crippen LogP contribution in [0.1, 0.15) is 11.1 Å². The molecule has 0 spiro atoms. The average molecular weight is 455 g/mol. The van der Waals surface area contributed by atoms with Crippen LogP contribution in [0.4, 0.5) is 10.5 Å². The van der Waals surface area contributed by atoms with E-state index in [9.17, 15) is 9.59 Å². The fourth-order valence-corrected chi connectivity index (χ4v) is 3.86. The van der Waals surface area contributed by atoms with E-state index in [4.69, 9.17) is 16.3 Å². The summed E-state index contributed by atoms with van der Waals surface area (Å²) in [6.07, 6.45) is 1.63. The van der Waals surface area contributed by atoms with Crippen LogP contribution in [0.3, 0.4) is 0 Å². The quantitative estimate of drug-likeness (QED) is 0.290. The van der Waals surface area contributed by atoms with Crippen LogP contribution in [0, 0.1) is 0 Å². The van der Waals surface area contributed by atoms with E-state index in [-0.39, 0.29) is 5.70 Å². The Bertz CT molecular complexity index is 1400. The minimum Gasteiger partial charge on any atom is -0.488 e. The summed E-state index contributed by atoms with van der Waals surface area (Å²) >= 11 is 5.92. The zero-order chi connectivity index (χ0) is 22.8. The molecule has 1 aliphatic rings. The van der Waals surface area contributed by atoms with Crippen LogP contribution in [0.5, 0.6) is 5.75 Å². The number of fused-ring (bicyclic) bond motifs is 1. The van der Waals surface area contributed by atoms with E-state index in [1.165, 1.54) is 5.39 Å². The molecule has 0 aromatic heterocycles. The van der Waals surface area contributed by atoms with Gasteiger partial charge in [0.15, 0.2) is 0 Å². The van der Waals surface area contributed by atoms with Gasteiger partial charge in [-0.1, -0.05) is 66.2 Å². The second-order valence-corrected chi connectivity index (χ2v) is 8.05. The van der Waals surface area contributed by atoms with Gasteiger partial charge in [0.2, 0.25) is 0 Å². The molecule has 162 valence electrons. The number of rotatable bonds is 5. The van der Waals surface area contributed by atoms with Crippen molar-refractivity contribution < 1.29 is 14.3 Å². The van der Waals surface area contributed by atoms with E-state index in [2.05, 4.69) is 29.6 Å². The van der Waals surface area contributed by atoms with Gasteiger partial charge in [0.1, 0.15) is 18.1 Å². The predicted octanol–water partition coefficient (Wildman–Crippen LogP) is 6.17. The van der Waals surface area contributed by atoms with Gasteiger partial charge in [-0.3, -0.25) is 4.79 Å². The molecule has 0 atom stereocenters. The van der Waals surface area contributed by atoms with Crippen molar-refractivity contribution in [2.45, 2.75) is 6.61 Å². The number of nitrogens with one attached hydrogen (secondary N) is 1. The molecule has 33 heavy (non-hydrogen) atoms. The number of anilines is 1. The summed E-state index contributed by atoms with van der Waals surface area (Å²) in [6.45, 7) is 0.377. The number of urea groups is 1. The summed E-state index contributed by atoms with van der Waals surface area (Å²) in [5, 5.41) is 5.50. The molecule has 0 radical (unpaired) electrons. The van der Waals surface area contributed by atoms with Crippen molar-refractivity contribution in [1.82, 2.24) is 5.32 Å². The average Bonchev–Trinajstić information content (AvgIpc) is 3.11. The fourth-order valence-electron chi connectivity index (χ4n) is 3.74. The van der Waals surface area contributed by atoms with Crippen molar-refractivity contribution in [3.63, 3.8) is 0 Å². The van der Waals surface area contributed by atoms with E-state index in [0.29, 0.717) is 28.6 Å². The summed E-state index contributed by atoms with van der Waals surface area (Å²) < 4.78 is 6.07. The number of para-hydroxylation sites is 1. The Morgan fingerprint density at radius 1 is 0.848 bits per heavy atom. The number of benzene rings is 4. The van der Waals surface area contributed by atoms with E-state index in [0.717, 1.165) is 15.8 Å². The number of hydrogen-bond acceptors (Lipinski definition) is 3. The van der Waals surface area contributed by atoms with Gasteiger partial charge in [0, 0.05) is 10.6 Å². The predicted molar refractivity (Wildman–Crippen MR) is 130 cm³/mol. The molecule has 1 heterocycles. The van der Waals surface area contributed by atoms with Crippen LogP contribution >= 0.6 is 11.6 Å². The molecule has 1 N–H and O–H groups in total. The van der Waals surface area contributed by atoms with E-state index in [1.54, 1.807) is 30.3 Å². The second-order valence-electron chi connectivity index (χ2n) is 7.61. The van der Waals surface area contributed by atoms with Gasteiger partial charge in [0.05, 0.1) is 5.69 Å². The molecule has 0 saturated carbocycles. The highest BCUT2D eigenvalue weighted by Gasteiger charge is 2.35. The maximum atomic E-state index is 12.9. The van der Waals surface area contributed by atoms with Crippen LogP contribution in [-0.2, 0) is 11.4 Å². The van der Waals surface area contributed by atoms with Crippen molar-refractivity contribution in [1.29, 1.82) is 0 Å². The first-order valence-electron chi connectivity index (χ1n) is 10.4. The number of amides is 3. The van der Waals surface area contributed by atoms with Crippen LogP contribution in [0.25, 0.3) is 16.8 Å². The zero-order valence-corrected chi connectivity index (χ0v) is 18.3. The van der Waals surface area contributed by atoms with Crippen LogP contribution in [-0.4, -0.2) is 11.9 Å². The highest BCUT2D eigenvalue weighted by molar-refractivity contribution is 6.31. The molecule has 5 rings (SSSR count). The van der Waals surface area contributed by atoms with Gasteiger partial charge in [-0.15, -0.1) is 0 Å². The minimum atomic E-state index is -0.511. The molecule has 0 unspecified atom stereocenters. The second kappa shape index (κ2) is 8.81. The summed E-state index contributed by atoms with van der Waals surface area (Å²) in [4.78, 5) is 26.5. The molecule has 4 aromatic rings. The highest BCUT2D eigenvalue weighted by Crippen LogP contribution is 2.27. The van der Waals surface area contributed by atoms with Gasteiger partial charge >= 0.3 is 6.03 Å². The minimum absolute atomic E-state index is 0.178. The van der Waals surface area contributed by atoms with Gasteiger partial charge in [-0.25, -0.2) is 9.69 Å². The Morgan fingerprint density at radius 2 is 1.58 bits per heavy atom. The number of ether oxygens (including phenoxy) is 1. The van der Waals surface area contributed by atoms with Crippen molar-refractivity contribution in [2.75, 3.05) is 4.90 Å². The maximum Gasteiger partial charge on any atom is 0.333 e. The normalized spacial score (nSPS) is 14.7. The molecule has 5 nitrogen and oxygen atoms in total. The summed E-state index contributed by atoms with van der Waals surface area (Å²) in [5.41, 5.74) is 2.36. The van der Waals surface area contributed by atoms with Crippen molar-refractivity contribution in [3.05, 3.63) is 113 Å². The van der Waals surface area contributed by atoms with Gasteiger partial charge in [-0.05, 0) is 58.8 Å². The van der Waals surface area contributed by atoms with Crippen LogP contribution in [0.2, 0.25) is 5.02 Å². The first-order chi connectivity index (χ1) is 16.1. The summed E-state index contributed by atoms with van der Waals surface area (Å²) in [5.74, 6) is 0.178. The fraction of sp³-hybridized carbons (Fsp3) is 0.0370. The van der Waals surface area contributed by atoms with Crippen LogP contribution in [0.15, 0.2) is 96.7 Å². The Hall–Kier alpha value is -4.09. The molecular formula is C27H19ClN2O3. The Kier molecular flexibility index (Phi) is 5.55. The lowest BCUT2D eigenvalue weighted by molar-refractivity contribution is -0.113. The Morgan fingerprint density at radius 3 is 2.39 bits per heavy atom. The third-order valence-electron chi connectivity index (χ3n) is 5.39. The van der Waals surface area contributed by atoms with E-state index < -0.39 is 11.9 Å². The number of imide groups is 1. The largest absolute Gasteiger partial charge is 0.488 e. The third-order valence-corrected chi connectivity index (χ3v) is 5.64. The summed E-state index contributed by atoms with van der Waals surface area (Å²) in [7, 11) is 0. The van der Waals surface area contributed by atoms with Gasteiger partial charge in [-0.2, -0.15) is 0 Å². The third kappa shape index (κ3) is 4.31. The SMILES string of the molecule is O=C1N/C(=C/c2ccccc2OCc2ccc3ccccc3c2)C(=O)N1c1ccc(Cl)cc1. The standard InChI is InChI=1S/C27H19ClN2O3/c28-22-11-13-23(14-12-22)30-26(31)24(29-27(30)32)16-21-7-3-4-8-25(21)33-17-18-9-10-19-5-1-2-6-20(19)15-18/h1-16H,17H2,(H,29,32)/b24-16+. The highest BCUT2D eigenvalue weighted by atomic mass is 35.5. The number of carbonyl (C=O) groups excluding carboxylic acids is 2. The van der Waals surface area contributed by atoms with Gasteiger partial charge < -0.3 is 10.1 Å². The molecule has 3 amide bonds. The van der Waals surface area contributed by atoms with E-state index in [1.807, 2.05) is 42.5 Å². The summed E-state index contributed by atoms with van der Waals surface area (Å²) in [6, 6.07) is 27.8.